The number of benzene rings is 1. The summed E-state index contributed by atoms with van der Waals surface area (Å²) in [5, 5.41) is 4.86. The highest BCUT2D eigenvalue weighted by atomic mass is 19.1. The van der Waals surface area contributed by atoms with E-state index in [2.05, 4.69) is 15.5 Å². The van der Waals surface area contributed by atoms with Gasteiger partial charge in [0.25, 0.3) is 5.91 Å². The number of urea groups is 1. The van der Waals surface area contributed by atoms with Crippen molar-refractivity contribution < 1.29 is 28.2 Å². The van der Waals surface area contributed by atoms with Gasteiger partial charge in [-0.05, 0) is 30.9 Å². The summed E-state index contributed by atoms with van der Waals surface area (Å²) in [6.07, 6.45) is 1.83. The summed E-state index contributed by atoms with van der Waals surface area (Å²) < 4.78 is 32.8. The normalized spacial score (nSPS) is 22.4. The van der Waals surface area contributed by atoms with Gasteiger partial charge in [-0.1, -0.05) is 19.9 Å². The Balaban J connectivity index is 1.63. The number of hydrogen-bond acceptors (Lipinski definition) is 8. The van der Waals surface area contributed by atoms with Crippen LogP contribution < -0.4 is 20.3 Å². The first-order valence-corrected chi connectivity index (χ1v) is 13.3. The number of halogens is 1. The van der Waals surface area contributed by atoms with Gasteiger partial charge >= 0.3 is 6.03 Å². The lowest BCUT2D eigenvalue weighted by Crippen LogP contribution is -2.43. The molecule has 4 heterocycles. The largest absolute Gasteiger partial charge is 0.471 e. The number of hydrogen-bond donors (Lipinski definition) is 2. The van der Waals surface area contributed by atoms with Gasteiger partial charge in [0.05, 0.1) is 36.7 Å². The maximum atomic E-state index is 15.2. The van der Waals surface area contributed by atoms with Crippen LogP contribution in [0.2, 0.25) is 0 Å². The summed E-state index contributed by atoms with van der Waals surface area (Å²) >= 11 is 0. The Kier molecular flexibility index (Phi) is 7.85. The number of carbonyl (C=O) groups excluding carboxylic acids is 2. The molecule has 2 bridgehead atoms. The van der Waals surface area contributed by atoms with Crippen molar-refractivity contribution in [1.29, 1.82) is 0 Å². The van der Waals surface area contributed by atoms with Crippen LogP contribution in [0.25, 0.3) is 11.3 Å². The van der Waals surface area contributed by atoms with Crippen molar-refractivity contribution in [2.75, 3.05) is 57.2 Å². The Bertz CT molecular complexity index is 1230. The quantitative estimate of drug-likeness (QED) is 0.549. The zero-order chi connectivity index (χ0) is 27.7. The molecule has 1 aromatic carbocycles. The van der Waals surface area contributed by atoms with E-state index < -0.39 is 11.8 Å². The third-order valence-electron chi connectivity index (χ3n) is 7.38. The summed E-state index contributed by atoms with van der Waals surface area (Å²) in [6, 6.07) is 3.79. The number of morpholine rings is 1. The van der Waals surface area contributed by atoms with Gasteiger partial charge in [0.1, 0.15) is 17.5 Å². The molecule has 0 radical (unpaired) electrons. The number of anilines is 2. The molecule has 2 saturated heterocycles. The molecule has 39 heavy (non-hydrogen) atoms. The fraction of sp³-hybridized carbons (Fsp3) is 0.556. The van der Waals surface area contributed by atoms with Crippen LogP contribution in [-0.4, -0.2) is 92.1 Å². The van der Waals surface area contributed by atoms with E-state index in [9.17, 15) is 9.59 Å². The molecular weight excluding hydrogens is 507 g/mol. The number of aromatic nitrogens is 2. The van der Waals surface area contributed by atoms with E-state index in [0.29, 0.717) is 44.3 Å². The molecule has 2 N–H and O–H groups in total. The first-order valence-electron chi connectivity index (χ1n) is 13.3. The Morgan fingerprint density at radius 1 is 1.21 bits per heavy atom. The van der Waals surface area contributed by atoms with Gasteiger partial charge in [-0.2, -0.15) is 4.98 Å². The van der Waals surface area contributed by atoms with Gasteiger partial charge in [0, 0.05) is 39.4 Å². The predicted octanol–water partition coefficient (Wildman–Crippen LogP) is 2.91. The molecule has 0 spiro atoms. The summed E-state index contributed by atoms with van der Waals surface area (Å²) in [6.45, 7) is 6.38. The molecule has 11 nitrogen and oxygen atoms in total. The molecule has 12 heteroatoms. The SMILES string of the molecule is CNC(=O)Nc1ccc(-c2nc(N3CC4CCC(C3)O4)nc3c2C(=O)N(CCOC)CC(C(C)C)O3)cc1F. The van der Waals surface area contributed by atoms with Crippen molar-refractivity contribution in [2.45, 2.75) is 45.0 Å². The van der Waals surface area contributed by atoms with Crippen LogP contribution in [0, 0.1) is 11.7 Å². The van der Waals surface area contributed by atoms with Crippen LogP contribution in [0.3, 0.4) is 0 Å². The van der Waals surface area contributed by atoms with Crippen LogP contribution in [-0.2, 0) is 9.47 Å². The molecule has 3 aliphatic heterocycles. The number of nitrogens with zero attached hydrogens (tertiary/aromatic N) is 4. The van der Waals surface area contributed by atoms with E-state index in [1.54, 1.807) is 18.1 Å². The van der Waals surface area contributed by atoms with Gasteiger partial charge in [0.2, 0.25) is 11.8 Å². The Hall–Kier alpha value is -3.51. The second-order valence-electron chi connectivity index (χ2n) is 10.5. The summed E-state index contributed by atoms with van der Waals surface area (Å²) in [7, 11) is 3.03. The molecular formula is C27H35FN6O5. The van der Waals surface area contributed by atoms with Crippen LogP contribution in [0.1, 0.15) is 37.0 Å². The third-order valence-corrected chi connectivity index (χ3v) is 7.38. The lowest BCUT2D eigenvalue weighted by Gasteiger charge is -2.32. The van der Waals surface area contributed by atoms with E-state index in [-0.39, 0.29) is 53.0 Å². The third kappa shape index (κ3) is 5.62. The molecule has 1 aromatic heterocycles. The number of carbonyl (C=O) groups is 2. The van der Waals surface area contributed by atoms with Crippen molar-refractivity contribution in [3.63, 3.8) is 0 Å². The van der Waals surface area contributed by atoms with Crippen molar-refractivity contribution in [1.82, 2.24) is 20.2 Å². The Morgan fingerprint density at radius 2 is 1.95 bits per heavy atom. The minimum Gasteiger partial charge on any atom is -0.471 e. The summed E-state index contributed by atoms with van der Waals surface area (Å²) in [5.41, 5.74) is 0.835. The molecule has 2 aromatic rings. The summed E-state index contributed by atoms with van der Waals surface area (Å²) in [4.78, 5) is 39.0. The molecule has 3 unspecified atom stereocenters. The number of methoxy groups -OCH3 is 1. The molecule has 0 saturated carbocycles. The minimum absolute atomic E-state index is 0.00685. The minimum atomic E-state index is -0.660. The van der Waals surface area contributed by atoms with Crippen molar-refractivity contribution in [3.8, 4) is 17.1 Å². The maximum Gasteiger partial charge on any atom is 0.319 e. The van der Waals surface area contributed by atoms with E-state index in [4.69, 9.17) is 24.2 Å². The smallest absolute Gasteiger partial charge is 0.319 e. The van der Waals surface area contributed by atoms with Gasteiger partial charge in [0.15, 0.2) is 0 Å². The Morgan fingerprint density at radius 3 is 2.59 bits per heavy atom. The molecule has 2 fully saturated rings. The highest BCUT2D eigenvalue weighted by molar-refractivity contribution is 6.03. The number of fused-ring (bicyclic) bond motifs is 3. The van der Waals surface area contributed by atoms with Gasteiger partial charge < -0.3 is 34.6 Å². The zero-order valence-corrected chi connectivity index (χ0v) is 22.7. The lowest BCUT2D eigenvalue weighted by atomic mass is 10.0. The zero-order valence-electron chi connectivity index (χ0n) is 22.7. The molecule has 0 aliphatic carbocycles. The summed E-state index contributed by atoms with van der Waals surface area (Å²) in [5.74, 6) is -0.264. The second kappa shape index (κ2) is 11.3. The molecule has 210 valence electrons. The fourth-order valence-electron chi connectivity index (χ4n) is 5.16. The predicted molar refractivity (Wildman–Crippen MR) is 143 cm³/mol. The van der Waals surface area contributed by atoms with Crippen molar-refractivity contribution in [2.24, 2.45) is 5.92 Å². The number of ether oxygens (including phenoxy) is 3. The van der Waals surface area contributed by atoms with Crippen LogP contribution in [0.5, 0.6) is 5.88 Å². The molecule has 3 atom stereocenters. The average molecular weight is 543 g/mol. The average Bonchev–Trinajstić information content (AvgIpc) is 3.19. The van der Waals surface area contributed by atoms with E-state index >= 15 is 4.39 Å². The lowest BCUT2D eigenvalue weighted by molar-refractivity contribution is 0.0298. The van der Waals surface area contributed by atoms with E-state index in [0.717, 1.165) is 12.8 Å². The first-order chi connectivity index (χ1) is 18.8. The molecule has 3 amide bonds. The topological polar surface area (TPSA) is 118 Å². The first kappa shape index (κ1) is 27.1. The number of nitrogens with one attached hydrogen (secondary N) is 2. The molecule has 3 aliphatic rings. The van der Waals surface area contributed by atoms with Crippen molar-refractivity contribution in [3.05, 3.63) is 29.6 Å². The van der Waals surface area contributed by atoms with Gasteiger partial charge in [-0.25, -0.2) is 14.2 Å². The van der Waals surface area contributed by atoms with Gasteiger partial charge in [-0.15, -0.1) is 0 Å². The number of rotatable bonds is 7. The van der Waals surface area contributed by atoms with Gasteiger partial charge in [-0.3, -0.25) is 4.79 Å². The van der Waals surface area contributed by atoms with Crippen LogP contribution in [0.4, 0.5) is 20.8 Å². The van der Waals surface area contributed by atoms with Crippen LogP contribution >= 0.6 is 0 Å². The Labute approximate surface area is 227 Å². The number of amides is 3. The highest BCUT2D eigenvalue weighted by Crippen LogP contribution is 2.37. The van der Waals surface area contributed by atoms with Crippen molar-refractivity contribution >= 4 is 23.6 Å². The standard InChI is InChI=1S/C27H35FN6O5/c1-15(2)21-14-33(9-10-37-4)25(35)22-23(16-5-8-20(19(28)11-16)30-27(36)29-3)31-26(32-24(22)39-21)34-12-17-6-7-18(13-34)38-17/h5,8,11,15,17-18,21H,6-7,9-10,12-14H2,1-4H3,(H2,29,30,36). The van der Waals surface area contributed by atoms with Crippen LogP contribution in [0.15, 0.2) is 18.2 Å². The maximum absolute atomic E-state index is 15.2. The second-order valence-corrected chi connectivity index (χ2v) is 10.5. The fourth-order valence-corrected chi connectivity index (χ4v) is 5.16. The van der Waals surface area contributed by atoms with E-state index in [1.165, 1.54) is 19.2 Å². The highest BCUT2D eigenvalue weighted by Gasteiger charge is 2.38. The molecule has 5 rings (SSSR count). The van der Waals surface area contributed by atoms with E-state index in [1.807, 2.05) is 13.8 Å². The monoisotopic (exact) mass is 542 g/mol.